The van der Waals surface area contributed by atoms with Crippen LogP contribution in [0.4, 0.5) is 5.69 Å². The number of aromatic nitrogens is 3. The standard InChI is InChI=1S/C27H31N5O2S/c1-35(33,34)30-24-15-13-23(14-16-24)25-7-4-8-27-28-26(29-32(25)27)20-22-11-9-21(10-12-22)6-5-19-31-17-2-3-18-31/h4,7-16,30H,2-3,5-6,17-20H2,1H3. The molecule has 0 bridgehead atoms. The number of nitrogens with one attached hydrogen (secondary N) is 1. The Morgan fingerprint density at radius 1 is 0.914 bits per heavy atom. The molecule has 2 aromatic heterocycles. The van der Waals surface area contributed by atoms with Gasteiger partial charge in [-0.15, -0.1) is 0 Å². The number of fused-ring (bicyclic) bond motifs is 1. The summed E-state index contributed by atoms with van der Waals surface area (Å²) in [5.41, 5.74) is 5.73. The number of pyridine rings is 1. The topological polar surface area (TPSA) is 79.6 Å². The Kier molecular flexibility index (Phi) is 6.83. The Hall–Kier alpha value is -3.23. The van der Waals surface area contributed by atoms with E-state index in [1.807, 2.05) is 34.8 Å². The smallest absolute Gasteiger partial charge is 0.229 e. The van der Waals surface area contributed by atoms with Crippen LogP contribution in [0.1, 0.15) is 36.2 Å². The van der Waals surface area contributed by atoms with E-state index in [0.29, 0.717) is 12.1 Å². The molecular formula is C27H31N5O2S. The zero-order valence-electron chi connectivity index (χ0n) is 20.0. The third-order valence-corrected chi connectivity index (χ3v) is 7.02. The van der Waals surface area contributed by atoms with Crippen molar-refractivity contribution in [3.63, 3.8) is 0 Å². The number of anilines is 1. The first kappa shape index (κ1) is 23.5. The molecule has 0 amide bonds. The van der Waals surface area contributed by atoms with E-state index >= 15 is 0 Å². The number of sulfonamides is 1. The highest BCUT2D eigenvalue weighted by molar-refractivity contribution is 7.92. The molecule has 5 rings (SSSR count). The van der Waals surface area contributed by atoms with Crippen LogP contribution in [0.5, 0.6) is 0 Å². The number of hydrogen-bond donors (Lipinski definition) is 1. The van der Waals surface area contributed by atoms with Crippen LogP contribution in [0.2, 0.25) is 0 Å². The third kappa shape index (κ3) is 6.07. The van der Waals surface area contributed by atoms with Gasteiger partial charge in [-0.3, -0.25) is 4.72 Å². The molecule has 182 valence electrons. The van der Waals surface area contributed by atoms with Gasteiger partial charge in [-0.2, -0.15) is 5.10 Å². The number of aryl methyl sites for hydroxylation is 1. The maximum absolute atomic E-state index is 11.5. The molecule has 0 atom stereocenters. The quantitative estimate of drug-likeness (QED) is 0.377. The summed E-state index contributed by atoms with van der Waals surface area (Å²) in [6.07, 6.45) is 6.84. The van der Waals surface area contributed by atoms with Crippen molar-refractivity contribution in [2.45, 2.75) is 32.1 Å². The first-order valence-electron chi connectivity index (χ1n) is 12.2. The van der Waals surface area contributed by atoms with E-state index in [1.165, 1.54) is 50.0 Å². The predicted molar refractivity (Wildman–Crippen MR) is 140 cm³/mol. The second-order valence-electron chi connectivity index (χ2n) is 9.31. The zero-order chi connectivity index (χ0) is 24.3. The van der Waals surface area contributed by atoms with Gasteiger partial charge in [0.1, 0.15) is 0 Å². The maximum atomic E-state index is 11.5. The predicted octanol–water partition coefficient (Wildman–Crippen LogP) is 4.39. The lowest BCUT2D eigenvalue weighted by molar-refractivity contribution is 0.334. The van der Waals surface area contributed by atoms with Crippen LogP contribution in [-0.4, -0.2) is 53.8 Å². The van der Waals surface area contributed by atoms with E-state index in [0.717, 1.165) is 35.4 Å². The number of likely N-dealkylation sites (tertiary alicyclic amines) is 1. The Labute approximate surface area is 206 Å². The Bertz CT molecular complexity index is 1390. The summed E-state index contributed by atoms with van der Waals surface area (Å²) in [7, 11) is -3.31. The first-order chi connectivity index (χ1) is 16.9. The molecule has 1 saturated heterocycles. The van der Waals surface area contributed by atoms with Crippen molar-refractivity contribution in [1.29, 1.82) is 0 Å². The molecule has 2 aromatic carbocycles. The van der Waals surface area contributed by atoms with Crippen molar-refractivity contribution >= 4 is 21.4 Å². The minimum absolute atomic E-state index is 0.530. The maximum Gasteiger partial charge on any atom is 0.229 e. The fourth-order valence-electron chi connectivity index (χ4n) is 4.69. The number of benzene rings is 2. The van der Waals surface area contributed by atoms with Gasteiger partial charge in [-0.05, 0) is 80.7 Å². The van der Waals surface area contributed by atoms with E-state index in [4.69, 9.17) is 10.1 Å². The van der Waals surface area contributed by atoms with Crippen molar-refractivity contribution in [3.05, 3.63) is 83.7 Å². The summed E-state index contributed by atoms with van der Waals surface area (Å²) in [6, 6.07) is 22.0. The molecule has 3 heterocycles. The molecule has 1 N–H and O–H groups in total. The second-order valence-corrected chi connectivity index (χ2v) is 11.1. The van der Waals surface area contributed by atoms with Crippen LogP contribution in [0.3, 0.4) is 0 Å². The Morgan fingerprint density at radius 2 is 1.63 bits per heavy atom. The molecule has 0 radical (unpaired) electrons. The van der Waals surface area contributed by atoms with E-state index < -0.39 is 10.0 Å². The molecular weight excluding hydrogens is 458 g/mol. The average molecular weight is 490 g/mol. The molecule has 0 saturated carbocycles. The minimum Gasteiger partial charge on any atom is -0.303 e. The molecule has 7 nitrogen and oxygen atoms in total. The summed E-state index contributed by atoms with van der Waals surface area (Å²) >= 11 is 0. The monoisotopic (exact) mass is 489 g/mol. The van der Waals surface area contributed by atoms with Crippen molar-refractivity contribution < 1.29 is 8.42 Å². The van der Waals surface area contributed by atoms with Gasteiger partial charge >= 0.3 is 0 Å². The fourth-order valence-corrected chi connectivity index (χ4v) is 5.25. The summed E-state index contributed by atoms with van der Waals surface area (Å²) in [5.74, 6) is 0.773. The summed E-state index contributed by atoms with van der Waals surface area (Å²) in [6.45, 7) is 3.73. The van der Waals surface area contributed by atoms with Crippen molar-refractivity contribution in [1.82, 2.24) is 19.5 Å². The number of hydrogen-bond acceptors (Lipinski definition) is 5. The summed E-state index contributed by atoms with van der Waals surface area (Å²) in [5, 5.41) is 4.77. The number of rotatable bonds is 9. The van der Waals surface area contributed by atoms with Crippen molar-refractivity contribution in [2.75, 3.05) is 30.6 Å². The van der Waals surface area contributed by atoms with Crippen LogP contribution in [0.25, 0.3) is 16.9 Å². The minimum atomic E-state index is -3.31. The lowest BCUT2D eigenvalue weighted by Crippen LogP contribution is -2.20. The highest BCUT2D eigenvalue weighted by Gasteiger charge is 2.12. The molecule has 35 heavy (non-hydrogen) atoms. The van der Waals surface area contributed by atoms with Crippen LogP contribution in [0.15, 0.2) is 66.7 Å². The van der Waals surface area contributed by atoms with Crippen LogP contribution in [-0.2, 0) is 22.9 Å². The Morgan fingerprint density at radius 3 is 2.34 bits per heavy atom. The van der Waals surface area contributed by atoms with E-state index in [1.54, 1.807) is 12.1 Å². The molecule has 8 heteroatoms. The molecule has 1 aliphatic rings. The van der Waals surface area contributed by atoms with Crippen LogP contribution < -0.4 is 4.72 Å². The molecule has 0 unspecified atom stereocenters. The van der Waals surface area contributed by atoms with Crippen molar-refractivity contribution in [3.8, 4) is 11.3 Å². The van der Waals surface area contributed by atoms with Gasteiger partial charge in [0.15, 0.2) is 11.5 Å². The van der Waals surface area contributed by atoms with E-state index in [9.17, 15) is 8.42 Å². The van der Waals surface area contributed by atoms with Crippen molar-refractivity contribution in [2.24, 2.45) is 0 Å². The molecule has 1 aliphatic heterocycles. The van der Waals surface area contributed by atoms with Crippen LogP contribution in [0, 0.1) is 0 Å². The molecule has 1 fully saturated rings. The Balaban J connectivity index is 1.26. The molecule has 0 aliphatic carbocycles. The zero-order valence-corrected chi connectivity index (χ0v) is 20.8. The van der Waals surface area contributed by atoms with Gasteiger partial charge < -0.3 is 4.90 Å². The second kappa shape index (κ2) is 10.2. The average Bonchev–Trinajstić information content (AvgIpc) is 3.49. The van der Waals surface area contributed by atoms with Gasteiger partial charge in [-0.25, -0.2) is 17.9 Å². The molecule has 4 aromatic rings. The largest absolute Gasteiger partial charge is 0.303 e. The first-order valence-corrected chi connectivity index (χ1v) is 14.1. The van der Waals surface area contributed by atoms with E-state index in [2.05, 4.69) is 33.9 Å². The van der Waals surface area contributed by atoms with Gasteiger partial charge in [0.05, 0.1) is 11.9 Å². The summed E-state index contributed by atoms with van der Waals surface area (Å²) < 4.78 is 27.3. The van der Waals surface area contributed by atoms with E-state index in [-0.39, 0.29) is 0 Å². The number of nitrogens with zero attached hydrogens (tertiary/aromatic N) is 4. The highest BCUT2D eigenvalue weighted by Crippen LogP contribution is 2.23. The van der Waals surface area contributed by atoms with Gasteiger partial charge in [0.25, 0.3) is 0 Å². The normalized spacial score (nSPS) is 14.5. The third-order valence-electron chi connectivity index (χ3n) is 6.41. The summed E-state index contributed by atoms with van der Waals surface area (Å²) in [4.78, 5) is 7.30. The lowest BCUT2D eigenvalue weighted by Gasteiger charge is -2.13. The van der Waals surface area contributed by atoms with Gasteiger partial charge in [0, 0.05) is 17.7 Å². The lowest BCUT2D eigenvalue weighted by atomic mass is 10.1. The SMILES string of the molecule is CS(=O)(=O)Nc1ccc(-c2cccc3nc(Cc4ccc(CCCN5CCCC5)cc4)nn23)cc1. The van der Waals surface area contributed by atoms with Gasteiger partial charge in [0.2, 0.25) is 10.0 Å². The van der Waals surface area contributed by atoms with Crippen LogP contribution >= 0.6 is 0 Å². The molecule has 0 spiro atoms. The fraction of sp³-hybridized carbons (Fsp3) is 0.333. The van der Waals surface area contributed by atoms with Gasteiger partial charge in [-0.1, -0.05) is 42.5 Å². The highest BCUT2D eigenvalue weighted by atomic mass is 32.2.